The summed E-state index contributed by atoms with van der Waals surface area (Å²) in [6.45, 7) is 3.05. The number of thioether (sulfide) groups is 2. The number of likely N-dealkylation sites (N-methyl/N-ethyl adjacent to an activating group) is 1. The Hall–Kier alpha value is 0.130. The first-order chi connectivity index (χ1) is 7.16. The van der Waals surface area contributed by atoms with Gasteiger partial charge in [0, 0.05) is 36.9 Å². The largest absolute Gasteiger partial charge is 0.341 e. The smallest absolute Gasteiger partial charge is 0.240 e. The summed E-state index contributed by atoms with van der Waals surface area (Å²) in [6.07, 6.45) is 2.07. The van der Waals surface area contributed by atoms with Crippen molar-refractivity contribution in [3.05, 3.63) is 0 Å². The van der Waals surface area contributed by atoms with Crippen LogP contribution >= 0.6 is 23.5 Å². The number of rotatable bonds is 4. The molecule has 0 bridgehead atoms. The van der Waals surface area contributed by atoms with Crippen molar-refractivity contribution in [2.75, 3.05) is 37.1 Å². The van der Waals surface area contributed by atoms with E-state index in [1.54, 1.807) is 11.8 Å². The third kappa shape index (κ3) is 3.89. The van der Waals surface area contributed by atoms with Gasteiger partial charge in [0.25, 0.3) is 0 Å². The van der Waals surface area contributed by atoms with Gasteiger partial charge in [-0.05, 0) is 13.2 Å². The van der Waals surface area contributed by atoms with E-state index in [-0.39, 0.29) is 11.9 Å². The Bertz CT molecular complexity index is 208. The Labute approximate surface area is 101 Å². The lowest BCUT2D eigenvalue weighted by Gasteiger charge is -2.30. The van der Waals surface area contributed by atoms with Crippen LogP contribution in [0, 0.1) is 0 Å². The molecule has 0 aromatic carbocycles. The van der Waals surface area contributed by atoms with Crippen molar-refractivity contribution in [1.82, 2.24) is 10.2 Å². The number of amides is 1. The highest BCUT2D eigenvalue weighted by molar-refractivity contribution is 7.99. The van der Waals surface area contributed by atoms with Crippen LogP contribution in [-0.2, 0) is 4.79 Å². The predicted molar refractivity (Wildman–Crippen MR) is 69.7 cm³/mol. The number of hydrogen-bond acceptors (Lipinski definition) is 4. The average molecular weight is 248 g/mol. The van der Waals surface area contributed by atoms with Crippen LogP contribution in [0.1, 0.15) is 6.92 Å². The van der Waals surface area contributed by atoms with Crippen molar-refractivity contribution < 1.29 is 4.79 Å². The van der Waals surface area contributed by atoms with Gasteiger partial charge in [-0.15, -0.1) is 0 Å². The molecule has 0 saturated carbocycles. The molecule has 1 fully saturated rings. The predicted octanol–water partition coefficient (Wildman–Crippen LogP) is 0.901. The first-order valence-corrected chi connectivity index (χ1v) is 7.78. The summed E-state index contributed by atoms with van der Waals surface area (Å²) in [6, 6.07) is 0.347. The molecule has 1 heterocycles. The molecule has 15 heavy (non-hydrogen) atoms. The maximum atomic E-state index is 12.1. The molecule has 2 unspecified atom stereocenters. The van der Waals surface area contributed by atoms with E-state index < -0.39 is 0 Å². The highest BCUT2D eigenvalue weighted by Gasteiger charge is 2.26. The summed E-state index contributed by atoms with van der Waals surface area (Å²) >= 11 is 3.64. The summed E-state index contributed by atoms with van der Waals surface area (Å²) in [4.78, 5) is 13.9. The number of nitrogens with zero attached hydrogens (tertiary/aromatic N) is 1. The highest BCUT2D eigenvalue weighted by atomic mass is 32.2. The summed E-state index contributed by atoms with van der Waals surface area (Å²) in [7, 11) is 1.91. The van der Waals surface area contributed by atoms with Crippen molar-refractivity contribution in [2.24, 2.45) is 0 Å². The van der Waals surface area contributed by atoms with Gasteiger partial charge in [0.2, 0.25) is 5.91 Å². The second-order valence-corrected chi connectivity index (χ2v) is 5.90. The van der Waals surface area contributed by atoms with Crippen LogP contribution in [0.2, 0.25) is 0 Å². The van der Waals surface area contributed by atoms with Crippen LogP contribution in [0.25, 0.3) is 0 Å². The molecule has 5 heteroatoms. The molecule has 88 valence electrons. The van der Waals surface area contributed by atoms with Gasteiger partial charge in [0.15, 0.2) is 0 Å². The Kier molecular flexibility index (Phi) is 5.86. The minimum absolute atomic E-state index is 0.0260. The molecule has 1 amide bonds. The third-order valence-corrected chi connectivity index (χ3v) is 4.51. The molecular weight excluding hydrogens is 228 g/mol. The zero-order chi connectivity index (χ0) is 11.3. The van der Waals surface area contributed by atoms with Gasteiger partial charge >= 0.3 is 0 Å². The summed E-state index contributed by atoms with van der Waals surface area (Å²) in [5.74, 6) is 3.27. The van der Waals surface area contributed by atoms with Crippen molar-refractivity contribution in [1.29, 1.82) is 0 Å². The van der Waals surface area contributed by atoms with Gasteiger partial charge in [0.1, 0.15) is 0 Å². The first kappa shape index (κ1) is 13.2. The molecule has 1 N–H and O–H groups in total. The van der Waals surface area contributed by atoms with E-state index in [9.17, 15) is 4.79 Å². The Morgan fingerprint density at radius 3 is 3.00 bits per heavy atom. The average Bonchev–Trinajstić information content (AvgIpc) is 2.28. The molecule has 0 spiro atoms. The maximum Gasteiger partial charge on any atom is 0.240 e. The van der Waals surface area contributed by atoms with E-state index in [2.05, 4.69) is 18.5 Å². The minimum atomic E-state index is 0.0260. The van der Waals surface area contributed by atoms with Gasteiger partial charge in [-0.2, -0.15) is 23.5 Å². The molecule has 1 saturated heterocycles. The molecule has 1 rings (SSSR count). The fourth-order valence-corrected chi connectivity index (χ4v) is 3.17. The highest BCUT2D eigenvalue weighted by Crippen LogP contribution is 2.12. The maximum absolute atomic E-state index is 12.1. The monoisotopic (exact) mass is 248 g/mol. The van der Waals surface area contributed by atoms with Crippen LogP contribution in [-0.4, -0.2) is 60.0 Å². The Morgan fingerprint density at radius 1 is 1.73 bits per heavy atom. The lowest BCUT2D eigenvalue weighted by atomic mass is 10.2. The minimum Gasteiger partial charge on any atom is -0.341 e. The Balaban J connectivity index is 2.43. The normalized spacial score (nSPS) is 23.5. The van der Waals surface area contributed by atoms with Gasteiger partial charge in [0.05, 0.1) is 6.04 Å². The zero-order valence-corrected chi connectivity index (χ0v) is 11.3. The van der Waals surface area contributed by atoms with Gasteiger partial charge in [-0.1, -0.05) is 0 Å². The van der Waals surface area contributed by atoms with Crippen LogP contribution < -0.4 is 5.32 Å². The summed E-state index contributed by atoms with van der Waals surface area (Å²) in [5, 5.41) is 3.28. The molecule has 0 radical (unpaired) electrons. The molecular formula is C10H20N2OS2. The van der Waals surface area contributed by atoms with Crippen LogP contribution in [0.15, 0.2) is 0 Å². The van der Waals surface area contributed by atoms with Crippen molar-refractivity contribution in [3.63, 3.8) is 0 Å². The van der Waals surface area contributed by atoms with Crippen molar-refractivity contribution >= 4 is 29.4 Å². The van der Waals surface area contributed by atoms with Crippen LogP contribution in [0.5, 0.6) is 0 Å². The van der Waals surface area contributed by atoms with Crippen molar-refractivity contribution in [2.45, 2.75) is 19.0 Å². The zero-order valence-electron chi connectivity index (χ0n) is 9.66. The summed E-state index contributed by atoms with van der Waals surface area (Å²) in [5.41, 5.74) is 0. The molecule has 0 aliphatic carbocycles. The number of carbonyl (C=O) groups is 1. The number of carbonyl (C=O) groups excluding carboxylic acids is 1. The van der Waals surface area contributed by atoms with Crippen LogP contribution in [0.3, 0.4) is 0 Å². The summed E-state index contributed by atoms with van der Waals surface area (Å²) < 4.78 is 0. The molecule has 1 aliphatic heterocycles. The van der Waals surface area contributed by atoms with E-state index in [0.29, 0.717) is 6.04 Å². The van der Waals surface area contributed by atoms with E-state index in [4.69, 9.17) is 0 Å². The molecule has 0 aromatic rings. The lowest BCUT2D eigenvalue weighted by molar-refractivity contribution is -0.133. The van der Waals surface area contributed by atoms with Crippen LogP contribution in [0.4, 0.5) is 0 Å². The fraction of sp³-hybridized carbons (Fsp3) is 0.900. The van der Waals surface area contributed by atoms with E-state index >= 15 is 0 Å². The standard InChI is InChI=1S/C10H20N2OS2/c1-8(6-14-3)12(2)10(13)9-7-15-5-4-11-9/h8-9,11H,4-7H2,1-3H3. The molecule has 1 aliphatic rings. The van der Waals surface area contributed by atoms with E-state index in [0.717, 1.165) is 23.8 Å². The topological polar surface area (TPSA) is 32.3 Å². The van der Waals surface area contributed by atoms with Crippen molar-refractivity contribution in [3.8, 4) is 0 Å². The van der Waals surface area contributed by atoms with E-state index in [1.165, 1.54) is 0 Å². The second kappa shape index (κ2) is 6.66. The number of hydrogen-bond donors (Lipinski definition) is 1. The second-order valence-electron chi connectivity index (χ2n) is 3.84. The van der Waals surface area contributed by atoms with Gasteiger partial charge in [-0.25, -0.2) is 0 Å². The molecule has 0 aromatic heterocycles. The molecule has 3 nitrogen and oxygen atoms in total. The Morgan fingerprint density at radius 2 is 2.47 bits per heavy atom. The lowest BCUT2D eigenvalue weighted by Crippen LogP contribution is -2.52. The van der Waals surface area contributed by atoms with Gasteiger partial charge in [-0.3, -0.25) is 4.79 Å². The fourth-order valence-electron chi connectivity index (χ4n) is 1.54. The van der Waals surface area contributed by atoms with E-state index in [1.807, 2.05) is 23.7 Å². The number of nitrogens with one attached hydrogen (secondary N) is 1. The SMILES string of the molecule is CSCC(C)N(C)C(=O)C1CSCCN1. The third-order valence-electron chi connectivity index (χ3n) is 2.64. The molecule has 2 atom stereocenters. The quantitative estimate of drug-likeness (QED) is 0.801. The first-order valence-electron chi connectivity index (χ1n) is 5.23. The van der Waals surface area contributed by atoms with Gasteiger partial charge < -0.3 is 10.2 Å².